The van der Waals surface area contributed by atoms with Crippen molar-refractivity contribution in [1.82, 2.24) is 14.5 Å². The van der Waals surface area contributed by atoms with E-state index < -0.39 is 0 Å². The predicted molar refractivity (Wildman–Crippen MR) is 119 cm³/mol. The van der Waals surface area contributed by atoms with E-state index in [4.69, 9.17) is 5.26 Å². The molecule has 1 aliphatic rings. The molecule has 0 unspecified atom stereocenters. The van der Waals surface area contributed by atoms with Crippen molar-refractivity contribution in [3.05, 3.63) is 58.9 Å². The van der Waals surface area contributed by atoms with E-state index in [9.17, 15) is 9.59 Å². The molecular weight excluding hydrogens is 390 g/mol. The summed E-state index contributed by atoms with van der Waals surface area (Å²) in [5.41, 5.74) is 4.61. The SMILES string of the molecule is CC(=O)N1CCC(c2cn(C)c3ncc(NC(=O)c4cccc(C#N)c4)c(C)c23)CC1. The molecule has 0 radical (unpaired) electrons. The largest absolute Gasteiger partial charge is 0.343 e. The number of pyridine rings is 1. The van der Waals surface area contributed by atoms with E-state index >= 15 is 0 Å². The Labute approximate surface area is 181 Å². The zero-order chi connectivity index (χ0) is 22.1. The predicted octanol–water partition coefficient (Wildman–Crippen LogP) is 3.73. The third-order valence-corrected chi connectivity index (χ3v) is 6.16. The van der Waals surface area contributed by atoms with Crippen molar-refractivity contribution in [2.24, 2.45) is 7.05 Å². The lowest BCUT2D eigenvalue weighted by molar-refractivity contribution is -0.129. The van der Waals surface area contributed by atoms with Crippen molar-refractivity contribution < 1.29 is 9.59 Å². The van der Waals surface area contributed by atoms with E-state index in [-0.39, 0.29) is 11.8 Å². The van der Waals surface area contributed by atoms with Crippen LogP contribution in [0.4, 0.5) is 5.69 Å². The van der Waals surface area contributed by atoms with Gasteiger partial charge in [0.15, 0.2) is 0 Å². The van der Waals surface area contributed by atoms with Crippen LogP contribution in [-0.4, -0.2) is 39.4 Å². The molecule has 1 N–H and O–H groups in total. The third-order valence-electron chi connectivity index (χ3n) is 6.16. The van der Waals surface area contributed by atoms with Gasteiger partial charge < -0.3 is 14.8 Å². The summed E-state index contributed by atoms with van der Waals surface area (Å²) in [4.78, 5) is 31.0. The maximum atomic E-state index is 12.8. The van der Waals surface area contributed by atoms with Crippen LogP contribution in [0.25, 0.3) is 11.0 Å². The number of anilines is 1. The number of fused-ring (bicyclic) bond motifs is 1. The summed E-state index contributed by atoms with van der Waals surface area (Å²) < 4.78 is 2.02. The number of aromatic nitrogens is 2. The minimum Gasteiger partial charge on any atom is -0.343 e. The van der Waals surface area contributed by atoms with Crippen molar-refractivity contribution >= 4 is 28.5 Å². The van der Waals surface area contributed by atoms with Crippen LogP contribution in [0.2, 0.25) is 0 Å². The molecule has 1 saturated heterocycles. The fraction of sp³-hybridized carbons (Fsp3) is 0.333. The second kappa shape index (κ2) is 8.23. The monoisotopic (exact) mass is 415 g/mol. The fourth-order valence-corrected chi connectivity index (χ4v) is 4.40. The van der Waals surface area contributed by atoms with Gasteiger partial charge in [0, 0.05) is 44.2 Å². The van der Waals surface area contributed by atoms with Crippen LogP contribution < -0.4 is 5.32 Å². The molecule has 158 valence electrons. The number of piperidine rings is 1. The Kier molecular flexibility index (Phi) is 5.47. The molecule has 2 amide bonds. The third kappa shape index (κ3) is 3.89. The average Bonchev–Trinajstić information content (AvgIpc) is 3.12. The topological polar surface area (TPSA) is 91.0 Å². The first-order valence-electron chi connectivity index (χ1n) is 10.4. The van der Waals surface area contributed by atoms with Gasteiger partial charge in [0.1, 0.15) is 5.65 Å². The number of rotatable bonds is 3. The van der Waals surface area contributed by atoms with Gasteiger partial charge in [-0.2, -0.15) is 5.26 Å². The minimum atomic E-state index is -0.270. The summed E-state index contributed by atoms with van der Waals surface area (Å²) in [5, 5.41) is 13.1. The van der Waals surface area contributed by atoms with Crippen LogP contribution in [0, 0.1) is 18.3 Å². The lowest BCUT2D eigenvalue weighted by Crippen LogP contribution is -2.36. The van der Waals surface area contributed by atoms with Gasteiger partial charge in [0.2, 0.25) is 5.91 Å². The normalized spacial score (nSPS) is 14.5. The zero-order valence-electron chi connectivity index (χ0n) is 18.0. The molecule has 3 aromatic rings. The van der Waals surface area contributed by atoms with E-state index in [1.165, 1.54) is 5.56 Å². The average molecular weight is 415 g/mol. The second-order valence-corrected chi connectivity index (χ2v) is 8.12. The van der Waals surface area contributed by atoms with Gasteiger partial charge in [-0.25, -0.2) is 4.98 Å². The molecule has 1 fully saturated rings. The molecule has 31 heavy (non-hydrogen) atoms. The number of hydrogen-bond acceptors (Lipinski definition) is 4. The smallest absolute Gasteiger partial charge is 0.255 e. The van der Waals surface area contributed by atoms with Crippen LogP contribution in [0.15, 0.2) is 36.7 Å². The van der Waals surface area contributed by atoms with Crippen molar-refractivity contribution in [3.63, 3.8) is 0 Å². The Balaban J connectivity index is 1.65. The number of aryl methyl sites for hydroxylation is 2. The van der Waals surface area contributed by atoms with Gasteiger partial charge in [0.05, 0.1) is 23.5 Å². The summed E-state index contributed by atoms with van der Waals surface area (Å²) in [5.74, 6) is 0.200. The maximum absolute atomic E-state index is 12.8. The molecule has 7 nitrogen and oxygen atoms in total. The Morgan fingerprint density at radius 2 is 2.00 bits per heavy atom. The van der Waals surface area contributed by atoms with Gasteiger partial charge in [-0.05, 0) is 55.0 Å². The first-order valence-corrected chi connectivity index (χ1v) is 10.4. The van der Waals surface area contributed by atoms with Crippen molar-refractivity contribution in [3.8, 4) is 6.07 Å². The number of carbonyl (C=O) groups is 2. The fourth-order valence-electron chi connectivity index (χ4n) is 4.40. The molecule has 7 heteroatoms. The standard InChI is InChI=1S/C24H25N5O2/c1-15-21(27-24(31)19-6-4-5-17(11-19)12-25)13-26-23-22(15)20(14-28(23)3)18-7-9-29(10-8-18)16(2)30/h4-6,11,13-14,18H,7-10H2,1-3H3,(H,27,31). The van der Waals surface area contributed by atoms with Gasteiger partial charge in [-0.15, -0.1) is 0 Å². The number of nitrogens with one attached hydrogen (secondary N) is 1. The first kappa shape index (κ1) is 20.6. The Bertz CT molecular complexity index is 1210. The molecule has 1 aliphatic heterocycles. The molecule has 0 bridgehead atoms. The van der Waals surface area contributed by atoms with Gasteiger partial charge in [-0.1, -0.05) is 6.07 Å². The summed E-state index contributed by atoms with van der Waals surface area (Å²) in [6.07, 6.45) is 5.64. The maximum Gasteiger partial charge on any atom is 0.255 e. The van der Waals surface area contributed by atoms with E-state index in [1.54, 1.807) is 37.4 Å². The molecule has 0 saturated carbocycles. The van der Waals surface area contributed by atoms with E-state index in [1.807, 2.05) is 23.4 Å². The number of likely N-dealkylation sites (tertiary alicyclic amines) is 1. The summed E-state index contributed by atoms with van der Waals surface area (Å²) >= 11 is 0. The van der Waals surface area contributed by atoms with Crippen molar-refractivity contribution in [1.29, 1.82) is 5.26 Å². The summed E-state index contributed by atoms with van der Waals surface area (Å²) in [7, 11) is 1.98. The lowest BCUT2D eigenvalue weighted by Gasteiger charge is -2.31. The highest BCUT2D eigenvalue weighted by molar-refractivity contribution is 6.06. The molecule has 0 spiro atoms. The molecule has 3 heterocycles. The second-order valence-electron chi connectivity index (χ2n) is 8.12. The highest BCUT2D eigenvalue weighted by atomic mass is 16.2. The van der Waals surface area contributed by atoms with Crippen LogP contribution >= 0.6 is 0 Å². The molecule has 0 aliphatic carbocycles. The van der Waals surface area contributed by atoms with Crippen LogP contribution in [-0.2, 0) is 11.8 Å². The Hall–Kier alpha value is -3.66. The van der Waals surface area contributed by atoms with Gasteiger partial charge in [0.25, 0.3) is 5.91 Å². The van der Waals surface area contributed by atoms with Crippen molar-refractivity contribution in [2.45, 2.75) is 32.6 Å². The number of benzene rings is 1. The number of carbonyl (C=O) groups excluding carboxylic acids is 2. The molecular formula is C24H25N5O2. The number of nitriles is 1. The summed E-state index contributed by atoms with van der Waals surface area (Å²) in [6, 6.07) is 8.69. The van der Waals surface area contributed by atoms with Crippen LogP contribution in [0.3, 0.4) is 0 Å². The Morgan fingerprint density at radius 3 is 2.68 bits per heavy atom. The molecule has 2 aromatic heterocycles. The van der Waals surface area contributed by atoms with E-state index in [2.05, 4.69) is 22.6 Å². The molecule has 0 atom stereocenters. The number of nitrogens with zero attached hydrogens (tertiary/aromatic N) is 4. The van der Waals surface area contributed by atoms with Gasteiger partial charge in [-0.3, -0.25) is 9.59 Å². The number of amides is 2. The van der Waals surface area contributed by atoms with Crippen molar-refractivity contribution in [2.75, 3.05) is 18.4 Å². The minimum absolute atomic E-state index is 0.125. The van der Waals surface area contributed by atoms with Crippen LogP contribution in [0.1, 0.15) is 52.7 Å². The molecule has 4 rings (SSSR count). The Morgan fingerprint density at radius 1 is 1.26 bits per heavy atom. The van der Waals surface area contributed by atoms with Crippen LogP contribution in [0.5, 0.6) is 0 Å². The first-order chi connectivity index (χ1) is 14.9. The number of hydrogen-bond donors (Lipinski definition) is 1. The molecule has 1 aromatic carbocycles. The van der Waals surface area contributed by atoms with Gasteiger partial charge >= 0.3 is 0 Å². The highest BCUT2D eigenvalue weighted by Gasteiger charge is 2.26. The summed E-state index contributed by atoms with van der Waals surface area (Å²) in [6.45, 7) is 5.14. The highest BCUT2D eigenvalue weighted by Crippen LogP contribution is 2.37. The van der Waals surface area contributed by atoms with E-state index in [0.29, 0.717) is 22.7 Å². The zero-order valence-corrected chi connectivity index (χ0v) is 18.0. The lowest BCUT2D eigenvalue weighted by atomic mass is 9.88. The van der Waals surface area contributed by atoms with E-state index in [0.717, 1.165) is 42.5 Å². The quantitative estimate of drug-likeness (QED) is 0.706.